The first-order chi connectivity index (χ1) is 14.8. The molecule has 2 N–H and O–H groups in total. The van der Waals surface area contributed by atoms with Crippen molar-refractivity contribution in [1.82, 2.24) is 14.9 Å². The van der Waals surface area contributed by atoms with Crippen molar-refractivity contribution in [3.8, 4) is 0 Å². The molecule has 6 nitrogen and oxygen atoms in total. The predicted octanol–water partition coefficient (Wildman–Crippen LogP) is 4.08. The molecule has 1 saturated heterocycles. The van der Waals surface area contributed by atoms with Crippen LogP contribution in [0.1, 0.15) is 36.9 Å². The highest BCUT2D eigenvalue weighted by Gasteiger charge is 2.29. The molecule has 1 fully saturated rings. The fraction of sp³-hybridized carbons (Fsp3) is 0.435. The van der Waals surface area contributed by atoms with E-state index in [0.29, 0.717) is 42.0 Å². The van der Waals surface area contributed by atoms with Crippen LogP contribution in [-0.2, 0) is 10.0 Å². The summed E-state index contributed by atoms with van der Waals surface area (Å²) in [5.41, 5.74) is 1.48. The van der Waals surface area contributed by atoms with Crippen LogP contribution < -0.4 is 10.6 Å². The van der Waals surface area contributed by atoms with Gasteiger partial charge in [0.05, 0.1) is 10.9 Å². The highest BCUT2D eigenvalue weighted by molar-refractivity contribution is 14.0. The van der Waals surface area contributed by atoms with Gasteiger partial charge < -0.3 is 10.6 Å². The Bertz CT molecular complexity index is 1010. The zero-order chi connectivity index (χ0) is 22.4. The maximum absolute atomic E-state index is 13.9. The lowest BCUT2D eigenvalue weighted by molar-refractivity contribution is 0.273. The minimum Gasteiger partial charge on any atom is -0.356 e. The normalized spacial score (nSPS) is 16.8. The smallest absolute Gasteiger partial charge is 0.243 e. The molecule has 1 aliphatic rings. The van der Waals surface area contributed by atoms with E-state index in [4.69, 9.17) is 0 Å². The number of rotatable bonds is 6. The van der Waals surface area contributed by atoms with E-state index < -0.39 is 10.0 Å². The molecule has 1 unspecified atom stereocenters. The molecule has 9 heteroatoms. The van der Waals surface area contributed by atoms with Crippen LogP contribution in [0.15, 0.2) is 58.4 Å². The van der Waals surface area contributed by atoms with Crippen LogP contribution in [0.4, 0.5) is 4.39 Å². The van der Waals surface area contributed by atoms with Gasteiger partial charge in [-0.25, -0.2) is 12.8 Å². The quantitative estimate of drug-likeness (QED) is 0.310. The molecule has 3 rings (SSSR count). The van der Waals surface area contributed by atoms with Gasteiger partial charge in [-0.05, 0) is 61.9 Å². The van der Waals surface area contributed by atoms with Crippen molar-refractivity contribution in [2.75, 3.05) is 26.7 Å². The molecule has 0 bridgehead atoms. The van der Waals surface area contributed by atoms with Crippen LogP contribution >= 0.6 is 24.0 Å². The van der Waals surface area contributed by atoms with Gasteiger partial charge in [0.25, 0.3) is 0 Å². The summed E-state index contributed by atoms with van der Waals surface area (Å²) in [6.07, 6.45) is 1.57. The number of piperidine rings is 1. The van der Waals surface area contributed by atoms with Crippen molar-refractivity contribution in [1.29, 1.82) is 0 Å². The molecule has 0 radical (unpaired) electrons. The number of guanidine groups is 1. The Labute approximate surface area is 207 Å². The molecule has 2 aromatic rings. The average Bonchev–Trinajstić information content (AvgIpc) is 2.79. The minimum atomic E-state index is -3.43. The molecule has 0 spiro atoms. The first kappa shape index (κ1) is 26.5. The number of aryl methyl sites for hydroxylation is 1. The second-order valence-electron chi connectivity index (χ2n) is 7.99. The van der Waals surface area contributed by atoms with E-state index in [1.807, 2.05) is 19.1 Å². The fourth-order valence-corrected chi connectivity index (χ4v) is 5.19. The SMILES string of the molecule is CN=C(NCC1CCN(S(=O)(=O)c2ccccc2)CC1)NC(C)c1ccc(C)c(F)c1.I. The first-order valence-electron chi connectivity index (χ1n) is 10.6. The zero-order valence-corrected chi connectivity index (χ0v) is 21.9. The van der Waals surface area contributed by atoms with Gasteiger partial charge in [0.2, 0.25) is 10.0 Å². The third-order valence-electron chi connectivity index (χ3n) is 5.79. The van der Waals surface area contributed by atoms with Crippen LogP contribution in [0.25, 0.3) is 0 Å². The van der Waals surface area contributed by atoms with Crippen LogP contribution in [0, 0.1) is 18.7 Å². The lowest BCUT2D eigenvalue weighted by atomic mass is 9.98. The van der Waals surface area contributed by atoms with E-state index in [2.05, 4.69) is 15.6 Å². The van der Waals surface area contributed by atoms with Crippen molar-refractivity contribution < 1.29 is 12.8 Å². The van der Waals surface area contributed by atoms with E-state index in [1.165, 1.54) is 0 Å². The largest absolute Gasteiger partial charge is 0.356 e. The van der Waals surface area contributed by atoms with E-state index in [0.717, 1.165) is 18.4 Å². The van der Waals surface area contributed by atoms with Crippen LogP contribution in [0.3, 0.4) is 0 Å². The number of halogens is 2. The summed E-state index contributed by atoms with van der Waals surface area (Å²) in [4.78, 5) is 4.61. The van der Waals surface area contributed by atoms with Crippen molar-refractivity contribution in [2.45, 2.75) is 37.6 Å². The molecule has 0 saturated carbocycles. The van der Waals surface area contributed by atoms with Gasteiger partial charge in [0.1, 0.15) is 5.82 Å². The molecule has 1 heterocycles. The fourth-order valence-electron chi connectivity index (χ4n) is 3.70. The molecule has 2 aromatic carbocycles. The van der Waals surface area contributed by atoms with E-state index >= 15 is 0 Å². The highest BCUT2D eigenvalue weighted by atomic mass is 127. The molecular weight excluding hydrogens is 542 g/mol. The zero-order valence-electron chi connectivity index (χ0n) is 18.7. The summed E-state index contributed by atoms with van der Waals surface area (Å²) in [5, 5.41) is 6.62. The first-order valence-corrected chi connectivity index (χ1v) is 12.0. The van der Waals surface area contributed by atoms with Gasteiger partial charge in [0, 0.05) is 26.7 Å². The van der Waals surface area contributed by atoms with Crippen molar-refractivity contribution in [3.05, 3.63) is 65.5 Å². The Balaban J connectivity index is 0.00000363. The topological polar surface area (TPSA) is 73.8 Å². The number of aliphatic imine (C=N–C) groups is 1. The number of sulfonamides is 1. The Morgan fingerprint density at radius 3 is 2.44 bits per heavy atom. The minimum absolute atomic E-state index is 0. The van der Waals surface area contributed by atoms with E-state index in [-0.39, 0.29) is 35.8 Å². The second kappa shape index (κ2) is 11.9. The molecule has 0 aromatic heterocycles. The van der Waals surface area contributed by atoms with Crippen molar-refractivity contribution in [3.63, 3.8) is 0 Å². The summed E-state index contributed by atoms with van der Waals surface area (Å²) >= 11 is 0. The van der Waals surface area contributed by atoms with Gasteiger partial charge in [-0.15, -0.1) is 24.0 Å². The Morgan fingerprint density at radius 2 is 1.84 bits per heavy atom. The standard InChI is InChI=1S/C23H31FN4O2S.HI/c1-17-9-10-20(15-22(17)24)18(2)27-23(25-3)26-16-19-11-13-28(14-12-19)31(29,30)21-7-5-4-6-8-21;/h4-10,15,18-19H,11-14,16H2,1-3H3,(H2,25,26,27);1H. The number of hydrogen-bond donors (Lipinski definition) is 2. The average molecular weight is 575 g/mol. The van der Waals surface area contributed by atoms with Crippen LogP contribution in [0.2, 0.25) is 0 Å². The maximum atomic E-state index is 13.9. The van der Waals surface area contributed by atoms with Crippen LogP contribution in [-0.4, -0.2) is 45.4 Å². The Hall–Kier alpha value is -1.72. The maximum Gasteiger partial charge on any atom is 0.243 e. The van der Waals surface area contributed by atoms with Crippen molar-refractivity contribution in [2.24, 2.45) is 10.9 Å². The van der Waals surface area contributed by atoms with Crippen molar-refractivity contribution >= 4 is 40.0 Å². The summed E-state index contributed by atoms with van der Waals surface area (Å²) in [6.45, 7) is 5.43. The van der Waals surface area contributed by atoms with E-state index in [9.17, 15) is 12.8 Å². The lowest BCUT2D eigenvalue weighted by Gasteiger charge is -2.31. The number of benzene rings is 2. The van der Waals surface area contributed by atoms with Crippen LogP contribution in [0.5, 0.6) is 0 Å². The molecule has 1 atom stereocenters. The van der Waals surface area contributed by atoms with E-state index in [1.54, 1.807) is 54.7 Å². The molecule has 0 amide bonds. The Kier molecular flexibility index (Phi) is 9.90. The monoisotopic (exact) mass is 574 g/mol. The van der Waals surface area contributed by atoms with Gasteiger partial charge in [-0.1, -0.05) is 30.3 Å². The number of hydrogen-bond acceptors (Lipinski definition) is 3. The van der Waals surface area contributed by atoms with Gasteiger partial charge in [-0.2, -0.15) is 4.31 Å². The summed E-state index contributed by atoms with van der Waals surface area (Å²) in [7, 11) is -1.73. The summed E-state index contributed by atoms with van der Waals surface area (Å²) < 4.78 is 40.9. The third kappa shape index (κ3) is 6.64. The van der Waals surface area contributed by atoms with Gasteiger partial charge in [0.15, 0.2) is 5.96 Å². The lowest BCUT2D eigenvalue weighted by Crippen LogP contribution is -2.44. The molecule has 0 aliphatic carbocycles. The molecule has 176 valence electrons. The number of nitrogens with one attached hydrogen (secondary N) is 2. The molecule has 32 heavy (non-hydrogen) atoms. The Morgan fingerprint density at radius 1 is 1.19 bits per heavy atom. The summed E-state index contributed by atoms with van der Waals surface area (Å²) in [6, 6.07) is 13.7. The van der Waals surface area contributed by atoms with Gasteiger partial charge >= 0.3 is 0 Å². The summed E-state index contributed by atoms with van der Waals surface area (Å²) in [5.74, 6) is 0.784. The van der Waals surface area contributed by atoms with Gasteiger partial charge in [-0.3, -0.25) is 4.99 Å². The molecular formula is C23H32FIN4O2S. The highest BCUT2D eigenvalue weighted by Crippen LogP contribution is 2.23. The number of nitrogens with zero attached hydrogens (tertiary/aromatic N) is 2. The molecule has 1 aliphatic heterocycles. The second-order valence-corrected chi connectivity index (χ2v) is 9.93. The predicted molar refractivity (Wildman–Crippen MR) is 137 cm³/mol. The third-order valence-corrected chi connectivity index (χ3v) is 7.70.